The van der Waals surface area contributed by atoms with Crippen molar-refractivity contribution in [2.45, 2.75) is 19.8 Å². The number of nitrogens with zero attached hydrogens (tertiary/aromatic N) is 1. The van der Waals surface area contributed by atoms with Gasteiger partial charge in [-0.25, -0.2) is 4.39 Å². The van der Waals surface area contributed by atoms with Crippen LogP contribution >= 0.6 is 15.9 Å². The van der Waals surface area contributed by atoms with Crippen LogP contribution in [0.25, 0.3) is 0 Å². The van der Waals surface area contributed by atoms with Gasteiger partial charge in [0.05, 0.1) is 5.56 Å². The third-order valence-corrected chi connectivity index (χ3v) is 4.12. The molecule has 1 saturated heterocycles. The number of halogens is 2. The van der Waals surface area contributed by atoms with Crippen LogP contribution in [0.3, 0.4) is 0 Å². The lowest BCUT2D eigenvalue weighted by Gasteiger charge is -2.30. The van der Waals surface area contributed by atoms with E-state index < -0.39 is 5.82 Å². The SMILES string of the molecule is C[C@H]1CCCN(CCNC(=O)c2ccc(Br)cc2F)C1. The van der Waals surface area contributed by atoms with Gasteiger partial charge in [0.25, 0.3) is 5.91 Å². The maximum absolute atomic E-state index is 13.6. The molecular weight excluding hydrogens is 323 g/mol. The fourth-order valence-corrected chi connectivity index (χ4v) is 2.92. The van der Waals surface area contributed by atoms with Crippen molar-refractivity contribution in [1.82, 2.24) is 10.2 Å². The van der Waals surface area contributed by atoms with Crippen LogP contribution in [0.4, 0.5) is 4.39 Å². The largest absolute Gasteiger partial charge is 0.351 e. The van der Waals surface area contributed by atoms with Gasteiger partial charge < -0.3 is 10.2 Å². The molecule has 1 aromatic rings. The van der Waals surface area contributed by atoms with Gasteiger partial charge in [-0.15, -0.1) is 0 Å². The van der Waals surface area contributed by atoms with Gasteiger partial charge in [0.1, 0.15) is 5.82 Å². The lowest BCUT2D eigenvalue weighted by molar-refractivity contribution is 0.0940. The minimum atomic E-state index is -0.497. The highest BCUT2D eigenvalue weighted by molar-refractivity contribution is 9.10. The first-order valence-electron chi connectivity index (χ1n) is 7.02. The van der Waals surface area contributed by atoms with E-state index in [-0.39, 0.29) is 11.5 Å². The van der Waals surface area contributed by atoms with Crippen molar-refractivity contribution < 1.29 is 9.18 Å². The molecule has 5 heteroatoms. The Labute approximate surface area is 127 Å². The topological polar surface area (TPSA) is 32.3 Å². The predicted molar refractivity (Wildman–Crippen MR) is 81.3 cm³/mol. The molecule has 1 atom stereocenters. The Morgan fingerprint density at radius 3 is 3.05 bits per heavy atom. The van der Waals surface area contributed by atoms with Gasteiger partial charge in [0.15, 0.2) is 0 Å². The summed E-state index contributed by atoms with van der Waals surface area (Å²) >= 11 is 3.18. The Morgan fingerprint density at radius 2 is 2.35 bits per heavy atom. The third-order valence-electron chi connectivity index (χ3n) is 3.63. The molecule has 0 radical (unpaired) electrons. The molecule has 0 bridgehead atoms. The number of piperidine rings is 1. The van der Waals surface area contributed by atoms with Gasteiger partial charge in [-0.05, 0) is 43.5 Å². The molecule has 20 heavy (non-hydrogen) atoms. The van der Waals surface area contributed by atoms with E-state index in [1.165, 1.54) is 25.0 Å². The van der Waals surface area contributed by atoms with Crippen LogP contribution in [0, 0.1) is 11.7 Å². The molecule has 0 unspecified atom stereocenters. The van der Waals surface area contributed by atoms with Crippen molar-refractivity contribution in [3.63, 3.8) is 0 Å². The molecule has 0 aliphatic carbocycles. The zero-order chi connectivity index (χ0) is 14.5. The van der Waals surface area contributed by atoms with Crippen molar-refractivity contribution in [2.75, 3.05) is 26.2 Å². The second-order valence-corrected chi connectivity index (χ2v) is 6.34. The van der Waals surface area contributed by atoms with Crippen LogP contribution in [0.2, 0.25) is 0 Å². The van der Waals surface area contributed by atoms with E-state index in [9.17, 15) is 9.18 Å². The summed E-state index contributed by atoms with van der Waals surface area (Å²) in [5.74, 6) is -0.119. The number of nitrogens with one attached hydrogen (secondary N) is 1. The fraction of sp³-hybridized carbons (Fsp3) is 0.533. The molecule has 1 aromatic carbocycles. The lowest BCUT2D eigenvalue weighted by atomic mass is 10.0. The number of hydrogen-bond acceptors (Lipinski definition) is 2. The van der Waals surface area contributed by atoms with Gasteiger partial charge in [-0.1, -0.05) is 22.9 Å². The summed E-state index contributed by atoms with van der Waals surface area (Å²) in [6.07, 6.45) is 2.50. The minimum absolute atomic E-state index is 0.0974. The van der Waals surface area contributed by atoms with Gasteiger partial charge in [-0.3, -0.25) is 4.79 Å². The monoisotopic (exact) mass is 342 g/mol. The van der Waals surface area contributed by atoms with Crippen molar-refractivity contribution in [3.05, 3.63) is 34.1 Å². The first-order chi connectivity index (χ1) is 9.56. The molecule has 1 fully saturated rings. The van der Waals surface area contributed by atoms with E-state index in [1.54, 1.807) is 6.07 Å². The van der Waals surface area contributed by atoms with E-state index in [0.717, 1.165) is 25.6 Å². The summed E-state index contributed by atoms with van der Waals surface area (Å²) in [7, 11) is 0. The first-order valence-corrected chi connectivity index (χ1v) is 7.81. The van der Waals surface area contributed by atoms with E-state index >= 15 is 0 Å². The van der Waals surface area contributed by atoms with Crippen molar-refractivity contribution in [3.8, 4) is 0 Å². The molecule has 1 heterocycles. The molecule has 3 nitrogen and oxygen atoms in total. The fourth-order valence-electron chi connectivity index (χ4n) is 2.59. The third kappa shape index (κ3) is 4.28. The highest BCUT2D eigenvalue weighted by atomic mass is 79.9. The lowest BCUT2D eigenvalue weighted by Crippen LogP contribution is -2.40. The standard InChI is InChI=1S/C15H20BrFN2O/c1-11-3-2-7-19(10-11)8-6-18-15(20)13-5-4-12(16)9-14(13)17/h4-5,9,11H,2-3,6-8,10H2,1H3,(H,18,20)/t11-/m0/s1. The zero-order valence-electron chi connectivity index (χ0n) is 11.7. The number of likely N-dealkylation sites (tertiary alicyclic amines) is 1. The number of hydrogen-bond donors (Lipinski definition) is 1. The predicted octanol–water partition coefficient (Wildman–Crippen LogP) is 3.05. The summed E-state index contributed by atoms with van der Waals surface area (Å²) in [6.45, 7) is 5.81. The Bertz CT molecular complexity index is 481. The van der Waals surface area contributed by atoms with Crippen LogP contribution in [-0.2, 0) is 0 Å². The highest BCUT2D eigenvalue weighted by Crippen LogP contribution is 2.16. The van der Waals surface area contributed by atoms with E-state index in [4.69, 9.17) is 0 Å². The van der Waals surface area contributed by atoms with Crippen LogP contribution in [0.1, 0.15) is 30.1 Å². The van der Waals surface area contributed by atoms with Crippen LogP contribution < -0.4 is 5.32 Å². The maximum atomic E-state index is 13.6. The maximum Gasteiger partial charge on any atom is 0.254 e. The van der Waals surface area contributed by atoms with Crippen LogP contribution in [0.5, 0.6) is 0 Å². The molecule has 0 saturated carbocycles. The molecule has 1 amide bonds. The number of rotatable bonds is 4. The average molecular weight is 343 g/mol. The Balaban J connectivity index is 1.80. The molecule has 1 N–H and O–H groups in total. The number of carbonyl (C=O) groups excluding carboxylic acids is 1. The summed E-state index contributed by atoms with van der Waals surface area (Å²) < 4.78 is 14.3. The Morgan fingerprint density at radius 1 is 1.55 bits per heavy atom. The normalized spacial score (nSPS) is 19.9. The second-order valence-electron chi connectivity index (χ2n) is 5.43. The van der Waals surface area contributed by atoms with Crippen molar-refractivity contribution >= 4 is 21.8 Å². The van der Waals surface area contributed by atoms with Gasteiger partial charge >= 0.3 is 0 Å². The highest BCUT2D eigenvalue weighted by Gasteiger charge is 2.16. The summed E-state index contributed by atoms with van der Waals surface area (Å²) in [5.41, 5.74) is 0.0974. The van der Waals surface area contributed by atoms with E-state index in [0.29, 0.717) is 11.0 Å². The molecule has 1 aliphatic rings. The number of benzene rings is 1. The van der Waals surface area contributed by atoms with Crippen molar-refractivity contribution in [2.24, 2.45) is 5.92 Å². The smallest absolute Gasteiger partial charge is 0.254 e. The first kappa shape index (κ1) is 15.4. The quantitative estimate of drug-likeness (QED) is 0.911. The molecule has 0 spiro atoms. The van der Waals surface area contributed by atoms with Crippen LogP contribution in [-0.4, -0.2) is 37.0 Å². The Hall–Kier alpha value is -0.940. The second kappa shape index (κ2) is 7.18. The number of carbonyl (C=O) groups is 1. The minimum Gasteiger partial charge on any atom is -0.351 e. The van der Waals surface area contributed by atoms with Crippen molar-refractivity contribution in [1.29, 1.82) is 0 Å². The molecule has 0 aromatic heterocycles. The molecular formula is C15H20BrFN2O. The van der Waals surface area contributed by atoms with Gasteiger partial charge in [0.2, 0.25) is 0 Å². The number of amides is 1. The molecule has 2 rings (SSSR count). The van der Waals surface area contributed by atoms with Gasteiger partial charge in [-0.2, -0.15) is 0 Å². The summed E-state index contributed by atoms with van der Waals surface area (Å²) in [6, 6.07) is 4.48. The van der Waals surface area contributed by atoms with Gasteiger partial charge in [0, 0.05) is 24.1 Å². The van der Waals surface area contributed by atoms with E-state index in [2.05, 4.69) is 33.1 Å². The zero-order valence-corrected chi connectivity index (χ0v) is 13.2. The summed E-state index contributed by atoms with van der Waals surface area (Å²) in [4.78, 5) is 14.3. The molecule has 110 valence electrons. The summed E-state index contributed by atoms with van der Waals surface area (Å²) in [5, 5.41) is 2.79. The Kier molecular flexibility index (Phi) is 5.54. The average Bonchev–Trinajstić information content (AvgIpc) is 2.38. The molecule has 1 aliphatic heterocycles. The van der Waals surface area contributed by atoms with Crippen LogP contribution in [0.15, 0.2) is 22.7 Å². The van der Waals surface area contributed by atoms with E-state index in [1.807, 2.05) is 0 Å².